The summed E-state index contributed by atoms with van der Waals surface area (Å²) in [5.74, 6) is -0.0586. The van der Waals surface area contributed by atoms with Crippen molar-refractivity contribution in [2.24, 2.45) is 5.92 Å². The van der Waals surface area contributed by atoms with Crippen molar-refractivity contribution in [1.82, 2.24) is 0 Å². The number of ether oxygens (including phenoxy) is 1. The Balaban J connectivity index is 3.67. The molecule has 0 aliphatic rings. The molecule has 1 unspecified atom stereocenters. The van der Waals surface area contributed by atoms with Crippen LogP contribution in [-0.2, 0) is 9.53 Å². The van der Waals surface area contributed by atoms with Gasteiger partial charge in [-0.25, -0.2) is 4.79 Å². The summed E-state index contributed by atoms with van der Waals surface area (Å²) in [6.45, 7) is 6.56. The van der Waals surface area contributed by atoms with E-state index in [-0.39, 0.29) is 5.71 Å². The molecule has 0 spiro atoms. The van der Waals surface area contributed by atoms with Crippen LogP contribution in [-0.4, -0.2) is 18.3 Å². The second kappa shape index (κ2) is 7.54. The summed E-state index contributed by atoms with van der Waals surface area (Å²) in [6, 6.07) is 0. The third kappa shape index (κ3) is 5.73. The van der Waals surface area contributed by atoms with Crippen molar-refractivity contribution < 1.29 is 9.53 Å². The summed E-state index contributed by atoms with van der Waals surface area (Å²) < 4.78 is 4.99. The molecule has 0 radical (unpaired) electrons. The molecule has 0 saturated carbocycles. The van der Waals surface area contributed by atoms with Crippen molar-refractivity contribution in [2.75, 3.05) is 6.61 Å². The Hall–Kier alpha value is -0.860. The van der Waals surface area contributed by atoms with Crippen molar-refractivity contribution in [1.29, 1.82) is 5.41 Å². The molecule has 14 heavy (non-hydrogen) atoms. The molecule has 3 nitrogen and oxygen atoms in total. The lowest BCUT2D eigenvalue weighted by Crippen LogP contribution is -2.19. The number of carbonyl (C=O) groups is 1. The molecule has 0 rings (SSSR count). The molecule has 0 aromatic heterocycles. The van der Waals surface area contributed by atoms with Gasteiger partial charge in [-0.3, -0.25) is 5.41 Å². The molecule has 0 heterocycles. The van der Waals surface area contributed by atoms with Gasteiger partial charge < -0.3 is 4.74 Å². The monoisotopic (exact) mass is 199 g/mol. The summed E-state index contributed by atoms with van der Waals surface area (Å²) in [4.78, 5) is 11.2. The van der Waals surface area contributed by atoms with E-state index < -0.39 is 5.97 Å². The molecule has 3 heteroatoms. The van der Waals surface area contributed by atoms with Crippen LogP contribution >= 0.6 is 0 Å². The molecule has 1 atom stereocenters. The molecule has 82 valence electrons. The molecule has 0 aromatic carbocycles. The number of hydrogen-bond donors (Lipinski definition) is 1. The predicted molar refractivity (Wildman–Crippen MR) is 57.7 cm³/mol. The molecule has 0 bridgehead atoms. The van der Waals surface area contributed by atoms with Gasteiger partial charge in [-0.15, -0.1) is 0 Å². The molecule has 0 amide bonds. The third-order valence-electron chi connectivity index (χ3n) is 2.22. The van der Waals surface area contributed by atoms with E-state index in [1.165, 1.54) is 0 Å². The van der Waals surface area contributed by atoms with E-state index in [0.29, 0.717) is 18.9 Å². The Morgan fingerprint density at radius 2 is 2.07 bits per heavy atom. The number of unbranched alkanes of at least 4 members (excludes halogenated alkanes) is 1. The summed E-state index contributed by atoms with van der Waals surface area (Å²) in [7, 11) is 0. The molecule has 0 aliphatic heterocycles. The lowest BCUT2D eigenvalue weighted by atomic mass is 10.1. The molecular weight excluding hydrogens is 178 g/mol. The van der Waals surface area contributed by atoms with Gasteiger partial charge in [0.1, 0.15) is 5.71 Å². The first-order chi connectivity index (χ1) is 6.61. The first kappa shape index (κ1) is 13.1. The van der Waals surface area contributed by atoms with Crippen molar-refractivity contribution in [3.05, 3.63) is 0 Å². The van der Waals surface area contributed by atoms with Gasteiger partial charge in [-0.05, 0) is 18.8 Å². The van der Waals surface area contributed by atoms with Crippen LogP contribution in [0.3, 0.4) is 0 Å². The number of hydrogen-bond acceptors (Lipinski definition) is 3. The van der Waals surface area contributed by atoms with Gasteiger partial charge in [0.05, 0.1) is 6.61 Å². The smallest absolute Gasteiger partial charge is 0.351 e. The SMILES string of the molecule is CCCCC(=N)C(=O)OCC(C)CC. The van der Waals surface area contributed by atoms with Crippen molar-refractivity contribution in [3.8, 4) is 0 Å². The van der Waals surface area contributed by atoms with Crippen LogP contribution in [0.15, 0.2) is 0 Å². The van der Waals surface area contributed by atoms with Crippen LogP contribution in [0, 0.1) is 11.3 Å². The topological polar surface area (TPSA) is 50.2 Å². The largest absolute Gasteiger partial charge is 0.461 e. The van der Waals surface area contributed by atoms with Gasteiger partial charge in [0, 0.05) is 0 Å². The number of rotatable bonds is 7. The number of esters is 1. The van der Waals surface area contributed by atoms with Gasteiger partial charge >= 0.3 is 5.97 Å². The Kier molecular flexibility index (Phi) is 7.07. The molecular formula is C11H21NO2. The van der Waals surface area contributed by atoms with Crippen LogP contribution in [0.5, 0.6) is 0 Å². The fourth-order valence-electron chi connectivity index (χ4n) is 0.879. The fourth-order valence-corrected chi connectivity index (χ4v) is 0.879. The first-order valence-corrected chi connectivity index (χ1v) is 5.36. The Morgan fingerprint density at radius 1 is 1.43 bits per heavy atom. The van der Waals surface area contributed by atoms with Gasteiger partial charge in [0.25, 0.3) is 0 Å². The molecule has 0 aromatic rings. The lowest BCUT2D eigenvalue weighted by Gasteiger charge is -2.09. The van der Waals surface area contributed by atoms with E-state index in [9.17, 15) is 4.79 Å². The highest BCUT2D eigenvalue weighted by atomic mass is 16.5. The zero-order chi connectivity index (χ0) is 11.0. The van der Waals surface area contributed by atoms with Crippen molar-refractivity contribution >= 4 is 11.7 Å². The fraction of sp³-hybridized carbons (Fsp3) is 0.818. The van der Waals surface area contributed by atoms with Gasteiger partial charge in [0.2, 0.25) is 0 Å². The summed E-state index contributed by atoms with van der Waals surface area (Å²) in [5, 5.41) is 7.42. The summed E-state index contributed by atoms with van der Waals surface area (Å²) >= 11 is 0. The van der Waals surface area contributed by atoms with E-state index in [0.717, 1.165) is 19.3 Å². The second-order valence-corrected chi connectivity index (χ2v) is 3.69. The highest BCUT2D eigenvalue weighted by Gasteiger charge is 2.11. The maximum atomic E-state index is 11.2. The highest BCUT2D eigenvalue weighted by Crippen LogP contribution is 2.03. The molecule has 1 N–H and O–H groups in total. The Labute approximate surface area is 86.3 Å². The zero-order valence-corrected chi connectivity index (χ0v) is 9.43. The molecule has 0 fully saturated rings. The van der Waals surface area contributed by atoms with Crippen LogP contribution < -0.4 is 0 Å². The van der Waals surface area contributed by atoms with Crippen LogP contribution in [0.4, 0.5) is 0 Å². The molecule has 0 saturated heterocycles. The Morgan fingerprint density at radius 3 is 2.57 bits per heavy atom. The van der Waals surface area contributed by atoms with Crippen LogP contribution in [0.2, 0.25) is 0 Å². The quantitative estimate of drug-likeness (QED) is 0.506. The molecule has 0 aliphatic carbocycles. The average Bonchev–Trinajstić information content (AvgIpc) is 2.21. The van der Waals surface area contributed by atoms with E-state index in [2.05, 4.69) is 6.92 Å². The second-order valence-electron chi connectivity index (χ2n) is 3.69. The van der Waals surface area contributed by atoms with Gasteiger partial charge in [-0.1, -0.05) is 33.6 Å². The first-order valence-electron chi connectivity index (χ1n) is 5.36. The summed E-state index contributed by atoms with van der Waals surface area (Å²) in [5.41, 5.74) is 0.107. The normalized spacial score (nSPS) is 12.2. The van der Waals surface area contributed by atoms with E-state index in [1.807, 2.05) is 13.8 Å². The van der Waals surface area contributed by atoms with E-state index in [4.69, 9.17) is 10.1 Å². The average molecular weight is 199 g/mol. The zero-order valence-electron chi connectivity index (χ0n) is 9.43. The lowest BCUT2D eigenvalue weighted by molar-refractivity contribution is -0.137. The van der Waals surface area contributed by atoms with E-state index in [1.54, 1.807) is 0 Å². The van der Waals surface area contributed by atoms with Crippen molar-refractivity contribution in [2.45, 2.75) is 46.5 Å². The van der Waals surface area contributed by atoms with Gasteiger partial charge in [0.15, 0.2) is 0 Å². The maximum Gasteiger partial charge on any atom is 0.351 e. The minimum absolute atomic E-state index is 0.107. The number of carbonyl (C=O) groups excluding carboxylic acids is 1. The van der Waals surface area contributed by atoms with Crippen LogP contribution in [0.25, 0.3) is 0 Å². The highest BCUT2D eigenvalue weighted by molar-refractivity contribution is 6.35. The third-order valence-corrected chi connectivity index (χ3v) is 2.22. The maximum absolute atomic E-state index is 11.2. The van der Waals surface area contributed by atoms with Crippen LogP contribution in [0.1, 0.15) is 46.5 Å². The predicted octanol–water partition coefficient (Wildman–Crippen LogP) is 2.79. The van der Waals surface area contributed by atoms with Crippen molar-refractivity contribution in [3.63, 3.8) is 0 Å². The standard InChI is InChI=1S/C11H21NO2/c1-4-6-7-10(12)11(13)14-8-9(3)5-2/h9,12H,4-8H2,1-3H3. The summed E-state index contributed by atoms with van der Waals surface area (Å²) in [6.07, 6.45) is 3.42. The number of nitrogens with one attached hydrogen (secondary N) is 1. The van der Waals surface area contributed by atoms with Gasteiger partial charge in [-0.2, -0.15) is 0 Å². The Bertz CT molecular complexity index is 190. The minimum Gasteiger partial charge on any atom is -0.461 e. The minimum atomic E-state index is -0.446. The van der Waals surface area contributed by atoms with E-state index >= 15 is 0 Å².